The highest BCUT2D eigenvalue weighted by Crippen LogP contribution is 2.37. The molecule has 0 aromatic carbocycles. The number of aliphatic hydroxyl groups excluding tert-OH is 1. The summed E-state index contributed by atoms with van der Waals surface area (Å²) in [6, 6.07) is 0.700. The summed E-state index contributed by atoms with van der Waals surface area (Å²) >= 11 is 0. The number of nitrogens with one attached hydrogen (secondary N) is 1. The highest BCUT2D eigenvalue weighted by molar-refractivity contribution is 4.98. The molecule has 1 aliphatic heterocycles. The predicted molar refractivity (Wildman–Crippen MR) is 83.9 cm³/mol. The Morgan fingerprint density at radius 2 is 2.10 bits per heavy atom. The largest absolute Gasteiger partial charge is 0.394 e. The molecular weight excluding hydrogens is 250 g/mol. The number of nitrogens with zero attached hydrogens (tertiary/aromatic N) is 2. The Kier molecular flexibility index (Phi) is 5.46. The topological polar surface area (TPSA) is 38.7 Å². The number of likely N-dealkylation sites (tertiary alicyclic amines) is 1. The monoisotopic (exact) mass is 283 g/mol. The fraction of sp³-hybridized carbons (Fsp3) is 1.00. The van der Waals surface area contributed by atoms with Gasteiger partial charge in [-0.1, -0.05) is 13.3 Å². The van der Waals surface area contributed by atoms with E-state index >= 15 is 0 Å². The molecule has 1 saturated carbocycles. The van der Waals surface area contributed by atoms with Crippen LogP contribution < -0.4 is 5.32 Å². The normalized spacial score (nSPS) is 39.0. The quantitative estimate of drug-likeness (QED) is 0.763. The molecule has 4 nitrogen and oxygen atoms in total. The van der Waals surface area contributed by atoms with Crippen LogP contribution in [-0.2, 0) is 0 Å². The molecule has 0 spiro atoms. The van der Waals surface area contributed by atoms with E-state index in [1.54, 1.807) is 0 Å². The zero-order chi connectivity index (χ0) is 14.8. The average molecular weight is 283 g/mol. The van der Waals surface area contributed by atoms with Crippen molar-refractivity contribution < 1.29 is 5.11 Å². The average Bonchev–Trinajstić information content (AvgIpc) is 3.00. The van der Waals surface area contributed by atoms with Gasteiger partial charge in [-0.25, -0.2) is 0 Å². The van der Waals surface area contributed by atoms with Crippen molar-refractivity contribution in [1.29, 1.82) is 0 Å². The Morgan fingerprint density at radius 3 is 2.65 bits per heavy atom. The summed E-state index contributed by atoms with van der Waals surface area (Å²) in [6.07, 6.45) is 4.86. The van der Waals surface area contributed by atoms with Crippen LogP contribution >= 0.6 is 0 Å². The van der Waals surface area contributed by atoms with E-state index in [2.05, 4.69) is 36.1 Å². The molecule has 0 bridgehead atoms. The van der Waals surface area contributed by atoms with Gasteiger partial charge >= 0.3 is 0 Å². The first-order valence-electron chi connectivity index (χ1n) is 8.21. The molecule has 0 amide bonds. The summed E-state index contributed by atoms with van der Waals surface area (Å²) in [4.78, 5) is 4.98. The highest BCUT2D eigenvalue weighted by Gasteiger charge is 2.41. The number of rotatable bonds is 6. The standard InChI is InChI=1S/C16H33N3O/c1-13-10-19(11-15(13)18(3)4)9-7-14-6-5-8-16(14,12-20)17-2/h13-15,17,20H,5-12H2,1-4H3. The van der Waals surface area contributed by atoms with Crippen LogP contribution in [0.1, 0.15) is 32.6 Å². The van der Waals surface area contributed by atoms with Gasteiger partial charge in [0.05, 0.1) is 6.61 Å². The molecule has 1 heterocycles. The maximum atomic E-state index is 9.75. The Balaban J connectivity index is 1.84. The van der Waals surface area contributed by atoms with Crippen molar-refractivity contribution in [3.63, 3.8) is 0 Å². The minimum absolute atomic E-state index is 0.00765. The van der Waals surface area contributed by atoms with Gasteiger partial charge in [0, 0.05) is 24.7 Å². The van der Waals surface area contributed by atoms with Crippen molar-refractivity contribution >= 4 is 0 Å². The molecule has 2 N–H and O–H groups in total. The second-order valence-corrected chi connectivity index (χ2v) is 7.21. The summed E-state index contributed by atoms with van der Waals surface area (Å²) in [5.41, 5.74) is -0.00765. The zero-order valence-electron chi connectivity index (χ0n) is 13.7. The van der Waals surface area contributed by atoms with Crippen LogP contribution in [-0.4, -0.2) is 73.9 Å². The molecule has 0 radical (unpaired) electrons. The van der Waals surface area contributed by atoms with Gasteiger partial charge in [0.15, 0.2) is 0 Å². The maximum absolute atomic E-state index is 9.75. The van der Waals surface area contributed by atoms with Crippen LogP contribution in [0.4, 0.5) is 0 Å². The van der Waals surface area contributed by atoms with Crippen LogP contribution in [0.5, 0.6) is 0 Å². The van der Waals surface area contributed by atoms with Gasteiger partial charge in [-0.3, -0.25) is 0 Å². The van der Waals surface area contributed by atoms with Gasteiger partial charge in [0.25, 0.3) is 0 Å². The second-order valence-electron chi connectivity index (χ2n) is 7.21. The van der Waals surface area contributed by atoms with E-state index in [0.717, 1.165) is 12.3 Å². The molecule has 2 rings (SSSR count). The fourth-order valence-corrected chi connectivity index (χ4v) is 4.42. The van der Waals surface area contributed by atoms with Crippen molar-refractivity contribution in [3.8, 4) is 0 Å². The Labute approximate surface area is 124 Å². The molecule has 4 heteroatoms. The Bertz CT molecular complexity index is 304. The van der Waals surface area contributed by atoms with Crippen LogP contribution in [0.15, 0.2) is 0 Å². The van der Waals surface area contributed by atoms with Crippen molar-refractivity contribution in [2.45, 2.75) is 44.2 Å². The summed E-state index contributed by atoms with van der Waals surface area (Å²) < 4.78 is 0. The Hall–Kier alpha value is -0.160. The lowest BCUT2D eigenvalue weighted by atomic mass is 9.85. The van der Waals surface area contributed by atoms with E-state index in [1.807, 2.05) is 7.05 Å². The molecule has 1 saturated heterocycles. The van der Waals surface area contributed by atoms with E-state index in [0.29, 0.717) is 12.0 Å². The predicted octanol–water partition coefficient (Wildman–Crippen LogP) is 1.01. The number of likely N-dealkylation sites (N-methyl/N-ethyl adjacent to an activating group) is 2. The first-order valence-corrected chi connectivity index (χ1v) is 8.21. The van der Waals surface area contributed by atoms with E-state index in [9.17, 15) is 5.11 Å². The number of hydrogen-bond acceptors (Lipinski definition) is 4. The van der Waals surface area contributed by atoms with Crippen LogP contribution in [0, 0.1) is 11.8 Å². The van der Waals surface area contributed by atoms with Crippen molar-refractivity contribution in [1.82, 2.24) is 15.1 Å². The van der Waals surface area contributed by atoms with E-state index in [1.165, 1.54) is 38.9 Å². The maximum Gasteiger partial charge on any atom is 0.0615 e. The molecule has 2 fully saturated rings. The van der Waals surface area contributed by atoms with E-state index in [4.69, 9.17) is 0 Å². The third kappa shape index (κ3) is 3.19. The minimum atomic E-state index is -0.00765. The molecule has 118 valence electrons. The van der Waals surface area contributed by atoms with Gasteiger partial charge < -0.3 is 20.2 Å². The van der Waals surface area contributed by atoms with Gasteiger partial charge in [-0.15, -0.1) is 0 Å². The smallest absolute Gasteiger partial charge is 0.0615 e. The van der Waals surface area contributed by atoms with Crippen LogP contribution in [0.25, 0.3) is 0 Å². The van der Waals surface area contributed by atoms with Crippen molar-refractivity contribution in [2.24, 2.45) is 11.8 Å². The van der Waals surface area contributed by atoms with Gasteiger partial charge in [-0.05, 0) is 58.8 Å². The highest BCUT2D eigenvalue weighted by atomic mass is 16.3. The summed E-state index contributed by atoms with van der Waals surface area (Å²) in [5.74, 6) is 1.40. The molecule has 2 aliphatic rings. The third-order valence-electron chi connectivity index (χ3n) is 5.84. The lowest BCUT2D eigenvalue weighted by Crippen LogP contribution is -2.50. The summed E-state index contributed by atoms with van der Waals surface area (Å²) in [5, 5.41) is 13.2. The van der Waals surface area contributed by atoms with E-state index < -0.39 is 0 Å². The van der Waals surface area contributed by atoms with Crippen molar-refractivity contribution in [3.05, 3.63) is 0 Å². The van der Waals surface area contributed by atoms with Gasteiger partial charge in [-0.2, -0.15) is 0 Å². The molecule has 1 aliphatic carbocycles. The molecule has 0 aromatic heterocycles. The van der Waals surface area contributed by atoms with Gasteiger partial charge in [0.2, 0.25) is 0 Å². The third-order valence-corrected chi connectivity index (χ3v) is 5.84. The molecule has 4 unspecified atom stereocenters. The Morgan fingerprint density at radius 1 is 1.35 bits per heavy atom. The van der Waals surface area contributed by atoms with E-state index in [-0.39, 0.29) is 12.1 Å². The number of hydrogen-bond donors (Lipinski definition) is 2. The summed E-state index contributed by atoms with van der Waals surface area (Å²) in [6.45, 7) is 6.26. The first-order chi connectivity index (χ1) is 9.52. The SMILES string of the molecule is CNC1(CO)CCCC1CCN1CC(C)C(N(C)C)C1. The lowest BCUT2D eigenvalue weighted by Gasteiger charge is -2.34. The van der Waals surface area contributed by atoms with Gasteiger partial charge in [0.1, 0.15) is 0 Å². The summed E-state index contributed by atoms with van der Waals surface area (Å²) in [7, 11) is 6.40. The van der Waals surface area contributed by atoms with Crippen LogP contribution in [0.2, 0.25) is 0 Å². The molecule has 4 atom stereocenters. The first kappa shape index (κ1) is 16.2. The lowest BCUT2D eigenvalue weighted by molar-refractivity contribution is 0.119. The minimum Gasteiger partial charge on any atom is -0.394 e. The van der Waals surface area contributed by atoms with Crippen LogP contribution in [0.3, 0.4) is 0 Å². The molecular formula is C16H33N3O. The molecule has 0 aromatic rings. The number of aliphatic hydroxyl groups is 1. The molecule has 20 heavy (non-hydrogen) atoms. The fourth-order valence-electron chi connectivity index (χ4n) is 4.42. The zero-order valence-corrected chi connectivity index (χ0v) is 13.7. The van der Waals surface area contributed by atoms with Crippen molar-refractivity contribution in [2.75, 3.05) is 47.4 Å². The second kappa shape index (κ2) is 6.73.